The predicted molar refractivity (Wildman–Crippen MR) is 110 cm³/mol. The smallest absolute Gasteiger partial charge is 0.344 e. The standard InChI is InChI=1S/C19H27N5O4S/c1-19(14-5-3-6-15(13-14)27-2)16(25)24(18(26)21-19)22-17(29)20-7-4-8-23-9-11-28-12-10-23/h3,5-6,13H,4,7-12H2,1-2H3,(H,21,26)(H2,20,22,29)/p+1/t19-/m0/s1. The van der Waals surface area contributed by atoms with E-state index in [-0.39, 0.29) is 5.11 Å². The van der Waals surface area contributed by atoms with E-state index in [9.17, 15) is 9.59 Å². The quantitative estimate of drug-likeness (QED) is 0.258. The van der Waals surface area contributed by atoms with Crippen LogP contribution in [0.25, 0.3) is 0 Å². The third-order valence-electron chi connectivity index (χ3n) is 5.24. The number of ether oxygens (including phenoxy) is 2. The molecule has 2 saturated heterocycles. The second-order valence-corrected chi connectivity index (χ2v) is 7.67. The number of morpholine rings is 1. The summed E-state index contributed by atoms with van der Waals surface area (Å²) in [5.41, 5.74) is 2.14. The van der Waals surface area contributed by atoms with E-state index < -0.39 is 17.5 Å². The van der Waals surface area contributed by atoms with Crippen LogP contribution in [0, 0.1) is 0 Å². The summed E-state index contributed by atoms with van der Waals surface area (Å²) in [6.07, 6.45) is 0.929. The summed E-state index contributed by atoms with van der Waals surface area (Å²) in [4.78, 5) is 26.9. The van der Waals surface area contributed by atoms with Gasteiger partial charge in [0.15, 0.2) is 5.11 Å². The normalized spacial score (nSPS) is 22.3. The number of hydrogen-bond acceptors (Lipinski definition) is 5. The lowest BCUT2D eigenvalue weighted by molar-refractivity contribution is -0.908. The number of methoxy groups -OCH3 is 1. The van der Waals surface area contributed by atoms with Crippen LogP contribution in [0.3, 0.4) is 0 Å². The van der Waals surface area contributed by atoms with Gasteiger partial charge in [0.25, 0.3) is 5.91 Å². The maximum Gasteiger partial charge on any atom is 0.344 e. The molecule has 0 radical (unpaired) electrons. The Morgan fingerprint density at radius 2 is 2.14 bits per heavy atom. The van der Waals surface area contributed by atoms with Gasteiger partial charge in [-0.2, -0.15) is 5.01 Å². The second kappa shape index (κ2) is 9.38. The molecule has 29 heavy (non-hydrogen) atoms. The highest BCUT2D eigenvalue weighted by molar-refractivity contribution is 7.80. The van der Waals surface area contributed by atoms with Gasteiger partial charge in [0.1, 0.15) is 24.4 Å². The van der Waals surface area contributed by atoms with E-state index in [1.165, 1.54) is 4.90 Å². The van der Waals surface area contributed by atoms with Crippen LogP contribution in [0.15, 0.2) is 24.3 Å². The van der Waals surface area contributed by atoms with Crippen LogP contribution in [0.1, 0.15) is 18.9 Å². The van der Waals surface area contributed by atoms with Gasteiger partial charge < -0.3 is 25.0 Å². The van der Waals surface area contributed by atoms with Crippen molar-refractivity contribution in [1.29, 1.82) is 0 Å². The molecule has 0 spiro atoms. The van der Waals surface area contributed by atoms with Crippen molar-refractivity contribution >= 4 is 29.3 Å². The first-order valence-electron chi connectivity index (χ1n) is 9.71. The lowest BCUT2D eigenvalue weighted by Gasteiger charge is -2.24. The summed E-state index contributed by atoms with van der Waals surface area (Å²) in [5, 5.41) is 6.94. The number of thiocarbonyl (C=S) groups is 1. The Kier molecular flexibility index (Phi) is 6.88. The van der Waals surface area contributed by atoms with Gasteiger partial charge in [0.05, 0.1) is 26.9 Å². The number of carbonyl (C=O) groups excluding carboxylic acids is 2. The number of amides is 3. The molecule has 2 aliphatic rings. The van der Waals surface area contributed by atoms with Crippen LogP contribution in [-0.2, 0) is 15.1 Å². The molecule has 1 aromatic carbocycles. The molecule has 10 heteroatoms. The highest BCUT2D eigenvalue weighted by Crippen LogP contribution is 2.30. The molecule has 2 fully saturated rings. The highest BCUT2D eigenvalue weighted by atomic mass is 32.1. The zero-order valence-corrected chi connectivity index (χ0v) is 17.6. The fraction of sp³-hybridized carbons (Fsp3) is 0.526. The number of imide groups is 1. The molecule has 0 saturated carbocycles. The Hall–Kier alpha value is -2.43. The van der Waals surface area contributed by atoms with Crippen LogP contribution in [-0.4, -0.2) is 68.6 Å². The summed E-state index contributed by atoms with van der Waals surface area (Å²) >= 11 is 5.25. The van der Waals surface area contributed by atoms with Gasteiger partial charge in [-0.25, -0.2) is 4.79 Å². The second-order valence-electron chi connectivity index (χ2n) is 7.26. The van der Waals surface area contributed by atoms with Crippen LogP contribution in [0.2, 0.25) is 0 Å². The summed E-state index contributed by atoms with van der Waals surface area (Å²) in [6, 6.07) is 6.50. The van der Waals surface area contributed by atoms with E-state index in [1.54, 1.807) is 38.3 Å². The van der Waals surface area contributed by atoms with Crippen molar-refractivity contribution in [2.45, 2.75) is 18.9 Å². The number of hydrogen-bond donors (Lipinski definition) is 4. The Morgan fingerprint density at radius 1 is 1.38 bits per heavy atom. The minimum Gasteiger partial charge on any atom is -0.497 e. The predicted octanol–water partition coefficient (Wildman–Crippen LogP) is -0.853. The summed E-state index contributed by atoms with van der Waals surface area (Å²) in [5.74, 6) is 0.175. The van der Waals surface area contributed by atoms with Gasteiger partial charge in [-0.05, 0) is 36.8 Å². The van der Waals surface area contributed by atoms with E-state index in [1.807, 2.05) is 0 Å². The number of nitrogens with zero attached hydrogens (tertiary/aromatic N) is 1. The van der Waals surface area contributed by atoms with Crippen LogP contribution in [0.5, 0.6) is 5.75 Å². The first-order chi connectivity index (χ1) is 13.9. The summed E-state index contributed by atoms with van der Waals surface area (Å²) < 4.78 is 10.6. The van der Waals surface area contributed by atoms with E-state index in [4.69, 9.17) is 21.7 Å². The lowest BCUT2D eigenvalue weighted by Crippen LogP contribution is -3.14. The Bertz CT molecular complexity index is 771. The maximum atomic E-state index is 12.9. The number of hydrazine groups is 1. The van der Waals surface area contributed by atoms with Crippen LogP contribution < -0.4 is 25.7 Å². The van der Waals surface area contributed by atoms with Crippen molar-refractivity contribution < 1.29 is 24.0 Å². The van der Waals surface area contributed by atoms with Gasteiger partial charge in [0, 0.05) is 13.0 Å². The molecule has 2 heterocycles. The van der Waals surface area contributed by atoms with Gasteiger partial charge >= 0.3 is 6.03 Å². The zero-order chi connectivity index (χ0) is 20.9. The largest absolute Gasteiger partial charge is 0.497 e. The van der Waals surface area contributed by atoms with Crippen molar-refractivity contribution in [1.82, 2.24) is 21.1 Å². The monoisotopic (exact) mass is 422 g/mol. The molecule has 0 aliphatic carbocycles. The van der Waals surface area contributed by atoms with Gasteiger partial charge in [-0.15, -0.1) is 0 Å². The average molecular weight is 423 g/mol. The maximum absolute atomic E-state index is 12.9. The molecule has 0 aromatic heterocycles. The summed E-state index contributed by atoms with van der Waals surface area (Å²) in [6.45, 7) is 7.00. The van der Waals surface area contributed by atoms with Crippen LogP contribution >= 0.6 is 12.2 Å². The zero-order valence-electron chi connectivity index (χ0n) is 16.7. The SMILES string of the molecule is COc1cccc([C@]2(C)NC(=O)N(NC(=S)NCCC[NH+]3CCOCC3)C2=O)c1. The molecule has 0 unspecified atom stereocenters. The first-order valence-corrected chi connectivity index (χ1v) is 10.1. The van der Waals surface area contributed by atoms with Gasteiger partial charge in [0.2, 0.25) is 0 Å². The molecule has 1 aromatic rings. The third-order valence-corrected chi connectivity index (χ3v) is 5.48. The first kappa shape index (κ1) is 21.3. The highest BCUT2D eigenvalue weighted by Gasteiger charge is 2.49. The van der Waals surface area contributed by atoms with E-state index in [0.717, 1.165) is 44.3 Å². The van der Waals surface area contributed by atoms with Gasteiger partial charge in [-0.3, -0.25) is 10.2 Å². The minimum absolute atomic E-state index is 0.236. The molecule has 4 N–H and O–H groups in total. The minimum atomic E-state index is -1.20. The molecule has 9 nitrogen and oxygen atoms in total. The number of nitrogens with one attached hydrogen (secondary N) is 4. The fourth-order valence-corrected chi connectivity index (χ4v) is 3.66. The van der Waals surface area contributed by atoms with Crippen LogP contribution in [0.4, 0.5) is 4.79 Å². The Morgan fingerprint density at radius 3 is 2.86 bits per heavy atom. The van der Waals surface area contributed by atoms with E-state index >= 15 is 0 Å². The molecule has 1 atom stereocenters. The molecule has 3 amide bonds. The molecule has 3 rings (SSSR count). The van der Waals surface area contributed by atoms with E-state index in [0.29, 0.717) is 17.9 Å². The fourth-order valence-electron chi connectivity index (χ4n) is 3.46. The number of quaternary nitrogens is 1. The third kappa shape index (κ3) is 4.95. The molecule has 2 aliphatic heterocycles. The lowest BCUT2D eigenvalue weighted by atomic mass is 9.92. The van der Waals surface area contributed by atoms with Crippen molar-refractivity contribution in [3.8, 4) is 5.75 Å². The van der Waals surface area contributed by atoms with E-state index in [2.05, 4.69) is 16.1 Å². The van der Waals surface area contributed by atoms with Gasteiger partial charge in [-0.1, -0.05) is 12.1 Å². The van der Waals surface area contributed by atoms with Crippen molar-refractivity contribution in [2.24, 2.45) is 0 Å². The Balaban J connectivity index is 1.52. The topological polar surface area (TPSA) is 96.4 Å². The average Bonchev–Trinajstić information content (AvgIpc) is 2.96. The van der Waals surface area contributed by atoms with Crippen molar-refractivity contribution in [3.63, 3.8) is 0 Å². The molecular formula is C19H28N5O4S+. The van der Waals surface area contributed by atoms with Crippen molar-refractivity contribution in [2.75, 3.05) is 46.5 Å². The Labute approximate surface area is 175 Å². The number of urea groups is 1. The molecule has 158 valence electrons. The summed E-state index contributed by atoms with van der Waals surface area (Å²) in [7, 11) is 1.55. The van der Waals surface area contributed by atoms with Crippen molar-refractivity contribution in [3.05, 3.63) is 29.8 Å². The number of rotatable bonds is 7. The molecular weight excluding hydrogens is 394 g/mol. The number of carbonyl (C=O) groups is 2. The molecule has 0 bridgehead atoms. The number of benzene rings is 1.